The fraction of sp³-hybridized carbons (Fsp3) is 0.333. The highest BCUT2D eigenvalue weighted by atomic mass is 79.9. The lowest BCUT2D eigenvalue weighted by atomic mass is 10.1. The molecule has 0 amide bonds. The SMILES string of the molecule is Clc1cccc2c1C(Br)CCO2. The molecule has 0 bridgehead atoms. The predicted molar refractivity (Wildman–Crippen MR) is 53.2 cm³/mol. The highest BCUT2D eigenvalue weighted by molar-refractivity contribution is 9.09. The van der Waals surface area contributed by atoms with Gasteiger partial charge >= 0.3 is 0 Å². The van der Waals surface area contributed by atoms with Gasteiger partial charge in [0.05, 0.1) is 6.61 Å². The van der Waals surface area contributed by atoms with Crippen molar-refractivity contribution in [3.8, 4) is 5.75 Å². The minimum Gasteiger partial charge on any atom is -0.493 e. The van der Waals surface area contributed by atoms with Crippen LogP contribution in [0.25, 0.3) is 0 Å². The van der Waals surface area contributed by atoms with Crippen molar-refractivity contribution < 1.29 is 4.74 Å². The molecular weight excluding hydrogens is 239 g/mol. The average Bonchev–Trinajstić information content (AvgIpc) is 2.04. The summed E-state index contributed by atoms with van der Waals surface area (Å²) in [6, 6.07) is 5.75. The van der Waals surface area contributed by atoms with Gasteiger partial charge in [0, 0.05) is 15.4 Å². The van der Waals surface area contributed by atoms with Gasteiger partial charge in [-0.15, -0.1) is 0 Å². The van der Waals surface area contributed by atoms with E-state index in [9.17, 15) is 0 Å². The number of halogens is 2. The molecule has 12 heavy (non-hydrogen) atoms. The summed E-state index contributed by atoms with van der Waals surface area (Å²) in [5.74, 6) is 0.913. The van der Waals surface area contributed by atoms with Gasteiger partial charge in [-0.05, 0) is 18.6 Å². The molecule has 1 aromatic rings. The number of benzene rings is 1. The molecule has 0 N–H and O–H groups in total. The molecule has 0 radical (unpaired) electrons. The van der Waals surface area contributed by atoms with Crippen LogP contribution in [0.3, 0.4) is 0 Å². The van der Waals surface area contributed by atoms with Crippen LogP contribution in [0.5, 0.6) is 5.75 Å². The summed E-state index contributed by atoms with van der Waals surface area (Å²) in [4.78, 5) is 0.343. The van der Waals surface area contributed by atoms with Gasteiger partial charge in [-0.2, -0.15) is 0 Å². The quantitative estimate of drug-likeness (QED) is 0.637. The number of hydrogen-bond donors (Lipinski definition) is 0. The molecule has 1 atom stereocenters. The van der Waals surface area contributed by atoms with Gasteiger partial charge in [-0.25, -0.2) is 0 Å². The Balaban J connectivity index is 2.53. The first-order valence-corrected chi connectivity index (χ1v) is 5.13. The van der Waals surface area contributed by atoms with Crippen molar-refractivity contribution >= 4 is 27.5 Å². The highest BCUT2D eigenvalue weighted by Crippen LogP contribution is 2.41. The number of ether oxygens (including phenoxy) is 1. The van der Waals surface area contributed by atoms with Crippen LogP contribution in [0.15, 0.2) is 18.2 Å². The summed E-state index contributed by atoms with van der Waals surface area (Å²) >= 11 is 9.60. The Bertz CT molecular complexity index is 301. The van der Waals surface area contributed by atoms with Gasteiger partial charge in [0.15, 0.2) is 0 Å². The van der Waals surface area contributed by atoms with Crippen LogP contribution in [0.4, 0.5) is 0 Å². The van der Waals surface area contributed by atoms with E-state index in [0.717, 1.165) is 29.4 Å². The lowest BCUT2D eigenvalue weighted by Crippen LogP contribution is -2.10. The Labute approximate surface area is 84.8 Å². The molecule has 64 valence electrons. The number of hydrogen-bond acceptors (Lipinski definition) is 1. The molecule has 1 unspecified atom stereocenters. The van der Waals surface area contributed by atoms with Gasteiger partial charge in [0.25, 0.3) is 0 Å². The number of fused-ring (bicyclic) bond motifs is 1. The molecule has 0 saturated heterocycles. The van der Waals surface area contributed by atoms with Crippen molar-refractivity contribution in [2.75, 3.05) is 6.61 Å². The molecule has 1 aliphatic heterocycles. The zero-order valence-electron chi connectivity index (χ0n) is 6.39. The Kier molecular flexibility index (Phi) is 2.28. The van der Waals surface area contributed by atoms with E-state index in [-0.39, 0.29) is 0 Å². The molecular formula is C9H8BrClO. The summed E-state index contributed by atoms with van der Waals surface area (Å²) in [5.41, 5.74) is 1.09. The second-order valence-corrected chi connectivity index (χ2v) is 4.27. The molecule has 1 nitrogen and oxygen atoms in total. The topological polar surface area (TPSA) is 9.23 Å². The largest absolute Gasteiger partial charge is 0.493 e. The summed E-state index contributed by atoms with van der Waals surface area (Å²) in [7, 11) is 0. The first kappa shape index (κ1) is 8.39. The van der Waals surface area contributed by atoms with Gasteiger partial charge in [0.2, 0.25) is 0 Å². The Morgan fingerprint density at radius 2 is 2.33 bits per heavy atom. The third-order valence-corrected chi connectivity index (χ3v) is 3.20. The minimum atomic E-state index is 0.343. The molecule has 3 heteroatoms. The number of alkyl halides is 1. The zero-order chi connectivity index (χ0) is 8.55. The predicted octanol–water partition coefficient (Wildman–Crippen LogP) is 3.56. The molecule has 0 aliphatic carbocycles. The third-order valence-electron chi connectivity index (χ3n) is 1.96. The van der Waals surface area contributed by atoms with Crippen molar-refractivity contribution in [3.05, 3.63) is 28.8 Å². The fourth-order valence-electron chi connectivity index (χ4n) is 1.36. The molecule has 1 aromatic carbocycles. The van der Waals surface area contributed by atoms with Crippen LogP contribution >= 0.6 is 27.5 Å². The van der Waals surface area contributed by atoms with E-state index in [0.29, 0.717) is 4.83 Å². The van der Waals surface area contributed by atoms with Crippen LogP contribution in [-0.4, -0.2) is 6.61 Å². The maximum Gasteiger partial charge on any atom is 0.125 e. The second-order valence-electron chi connectivity index (χ2n) is 2.76. The molecule has 0 fully saturated rings. The van der Waals surface area contributed by atoms with Crippen molar-refractivity contribution in [1.29, 1.82) is 0 Å². The zero-order valence-corrected chi connectivity index (χ0v) is 8.73. The van der Waals surface area contributed by atoms with Crippen LogP contribution in [-0.2, 0) is 0 Å². The number of rotatable bonds is 0. The van der Waals surface area contributed by atoms with Crippen molar-refractivity contribution in [3.63, 3.8) is 0 Å². The summed E-state index contributed by atoms with van der Waals surface area (Å²) in [6.07, 6.45) is 0.983. The minimum absolute atomic E-state index is 0.343. The Morgan fingerprint density at radius 1 is 1.50 bits per heavy atom. The Hall–Kier alpha value is -0.210. The molecule has 2 rings (SSSR count). The first-order chi connectivity index (χ1) is 5.79. The molecule has 1 aliphatic rings. The van der Waals surface area contributed by atoms with Gasteiger partial charge in [0.1, 0.15) is 5.75 Å². The molecule has 0 aromatic heterocycles. The summed E-state index contributed by atoms with van der Waals surface area (Å²) < 4.78 is 5.46. The van der Waals surface area contributed by atoms with Gasteiger partial charge in [-0.1, -0.05) is 33.6 Å². The Morgan fingerprint density at radius 3 is 3.08 bits per heavy atom. The van der Waals surface area contributed by atoms with E-state index in [1.54, 1.807) is 0 Å². The summed E-state index contributed by atoms with van der Waals surface area (Å²) in [6.45, 7) is 0.767. The lowest BCUT2D eigenvalue weighted by molar-refractivity contribution is 0.287. The maximum absolute atomic E-state index is 6.03. The maximum atomic E-state index is 6.03. The monoisotopic (exact) mass is 246 g/mol. The normalized spacial score (nSPS) is 21.3. The van der Waals surface area contributed by atoms with Crippen LogP contribution in [0, 0.1) is 0 Å². The second kappa shape index (κ2) is 3.27. The van der Waals surface area contributed by atoms with E-state index in [4.69, 9.17) is 16.3 Å². The van der Waals surface area contributed by atoms with Crippen LogP contribution in [0.2, 0.25) is 5.02 Å². The smallest absolute Gasteiger partial charge is 0.125 e. The van der Waals surface area contributed by atoms with Crippen molar-refractivity contribution in [2.45, 2.75) is 11.2 Å². The van der Waals surface area contributed by atoms with Crippen molar-refractivity contribution in [1.82, 2.24) is 0 Å². The highest BCUT2D eigenvalue weighted by Gasteiger charge is 2.20. The lowest BCUT2D eigenvalue weighted by Gasteiger charge is -2.22. The van der Waals surface area contributed by atoms with Crippen molar-refractivity contribution in [2.24, 2.45) is 0 Å². The van der Waals surface area contributed by atoms with Crippen LogP contribution in [0.1, 0.15) is 16.8 Å². The van der Waals surface area contributed by atoms with E-state index >= 15 is 0 Å². The first-order valence-electron chi connectivity index (χ1n) is 3.84. The van der Waals surface area contributed by atoms with E-state index < -0.39 is 0 Å². The molecule has 0 saturated carbocycles. The summed E-state index contributed by atoms with van der Waals surface area (Å²) in [5, 5.41) is 0.786. The van der Waals surface area contributed by atoms with E-state index in [1.807, 2.05) is 18.2 Å². The van der Waals surface area contributed by atoms with Gasteiger partial charge < -0.3 is 4.74 Å². The molecule has 0 spiro atoms. The average molecular weight is 248 g/mol. The van der Waals surface area contributed by atoms with Crippen LogP contribution < -0.4 is 4.74 Å². The van der Waals surface area contributed by atoms with Gasteiger partial charge in [-0.3, -0.25) is 0 Å². The third kappa shape index (κ3) is 1.34. The standard InChI is InChI=1S/C9H8BrClO/c10-6-4-5-12-8-3-1-2-7(11)9(6)8/h1-3,6H,4-5H2. The van der Waals surface area contributed by atoms with E-state index in [2.05, 4.69) is 15.9 Å². The molecule has 1 heterocycles. The fourth-order valence-corrected chi connectivity index (χ4v) is 2.45. The van der Waals surface area contributed by atoms with E-state index in [1.165, 1.54) is 0 Å².